The van der Waals surface area contributed by atoms with Gasteiger partial charge < -0.3 is 10.6 Å². The largest absolute Gasteiger partial charge is 0.359 e. The van der Waals surface area contributed by atoms with Gasteiger partial charge in [-0.25, -0.2) is 14.4 Å². The predicted octanol–water partition coefficient (Wildman–Crippen LogP) is 4.09. The Kier molecular flexibility index (Phi) is 5.87. The number of halogens is 3. The standard InChI is InChI=1S/C16H16ClFIN7/c1-8(14-23-9(2)25-26-14)22-15-12(17)7-21-16(24-15)20-6-10-5-11(19)3-4-13(10)18/h3-5,7-8H,6H2,1-2H3,(H,23,25,26)(H2,20,21,22,24)/t8-/m1/s1. The molecular formula is C16H16ClFIN7. The zero-order chi connectivity index (χ0) is 18.7. The molecule has 0 amide bonds. The first-order valence-corrected chi connectivity index (χ1v) is 9.24. The maximum Gasteiger partial charge on any atom is 0.224 e. The SMILES string of the molecule is Cc1nc([C@@H](C)Nc2nc(NCc3cc(I)ccc3F)ncc2Cl)n[nH]1. The fraction of sp³-hybridized carbons (Fsp3) is 0.250. The molecule has 26 heavy (non-hydrogen) atoms. The number of nitrogens with one attached hydrogen (secondary N) is 3. The summed E-state index contributed by atoms with van der Waals surface area (Å²) < 4.78 is 14.8. The number of H-pyrrole nitrogens is 1. The van der Waals surface area contributed by atoms with E-state index in [1.54, 1.807) is 12.1 Å². The molecule has 0 saturated heterocycles. The molecule has 0 spiro atoms. The Hall–Kier alpha value is -2.01. The average molecular weight is 488 g/mol. The Morgan fingerprint density at radius 3 is 2.88 bits per heavy atom. The quantitative estimate of drug-likeness (QED) is 0.454. The molecule has 1 atom stereocenters. The summed E-state index contributed by atoms with van der Waals surface area (Å²) in [5.41, 5.74) is 0.537. The highest BCUT2D eigenvalue weighted by atomic mass is 127. The van der Waals surface area contributed by atoms with E-state index < -0.39 is 0 Å². The van der Waals surface area contributed by atoms with Gasteiger partial charge in [0.1, 0.15) is 16.7 Å². The van der Waals surface area contributed by atoms with Crippen molar-refractivity contribution in [2.24, 2.45) is 0 Å². The van der Waals surface area contributed by atoms with Gasteiger partial charge in [-0.3, -0.25) is 5.10 Å². The van der Waals surface area contributed by atoms with Gasteiger partial charge in [-0.15, -0.1) is 0 Å². The molecule has 0 aliphatic rings. The molecule has 0 fully saturated rings. The van der Waals surface area contributed by atoms with Crippen LogP contribution in [-0.2, 0) is 6.54 Å². The van der Waals surface area contributed by atoms with E-state index in [0.717, 1.165) is 9.39 Å². The van der Waals surface area contributed by atoms with E-state index in [-0.39, 0.29) is 18.4 Å². The van der Waals surface area contributed by atoms with E-state index >= 15 is 0 Å². The van der Waals surface area contributed by atoms with Crippen molar-refractivity contribution in [3.63, 3.8) is 0 Å². The smallest absolute Gasteiger partial charge is 0.224 e. The third-order valence-corrected chi connectivity index (χ3v) is 4.49. The maximum atomic E-state index is 13.8. The minimum absolute atomic E-state index is 0.201. The molecule has 136 valence electrons. The van der Waals surface area contributed by atoms with Gasteiger partial charge in [0.25, 0.3) is 0 Å². The Bertz CT molecular complexity index is 917. The molecule has 0 saturated carbocycles. The van der Waals surface area contributed by atoms with Gasteiger partial charge in [-0.05, 0) is 54.6 Å². The molecular weight excluding hydrogens is 472 g/mol. The summed E-state index contributed by atoms with van der Waals surface area (Å²) in [7, 11) is 0. The van der Waals surface area contributed by atoms with Crippen LogP contribution in [0, 0.1) is 16.3 Å². The van der Waals surface area contributed by atoms with Gasteiger partial charge >= 0.3 is 0 Å². The van der Waals surface area contributed by atoms with Crippen LogP contribution in [0.5, 0.6) is 0 Å². The maximum absolute atomic E-state index is 13.8. The number of hydrogen-bond acceptors (Lipinski definition) is 6. The monoisotopic (exact) mass is 487 g/mol. The number of nitrogens with zero attached hydrogens (tertiary/aromatic N) is 4. The van der Waals surface area contributed by atoms with Crippen LogP contribution >= 0.6 is 34.2 Å². The number of aryl methyl sites for hydroxylation is 1. The Morgan fingerprint density at radius 1 is 1.35 bits per heavy atom. The van der Waals surface area contributed by atoms with Gasteiger partial charge in [0.05, 0.1) is 12.2 Å². The molecule has 0 bridgehead atoms. The van der Waals surface area contributed by atoms with Crippen LogP contribution < -0.4 is 10.6 Å². The fourth-order valence-corrected chi connectivity index (χ4v) is 2.93. The van der Waals surface area contributed by atoms with Gasteiger partial charge in [0, 0.05) is 15.7 Å². The van der Waals surface area contributed by atoms with E-state index in [4.69, 9.17) is 11.6 Å². The second-order valence-electron chi connectivity index (χ2n) is 5.62. The Balaban J connectivity index is 1.72. The topological polar surface area (TPSA) is 91.4 Å². The Labute approximate surface area is 168 Å². The lowest BCUT2D eigenvalue weighted by Gasteiger charge is -2.14. The van der Waals surface area contributed by atoms with Crippen molar-refractivity contribution in [3.8, 4) is 0 Å². The molecule has 0 aliphatic heterocycles. The highest BCUT2D eigenvalue weighted by Gasteiger charge is 2.14. The molecule has 7 nitrogen and oxygen atoms in total. The summed E-state index contributed by atoms with van der Waals surface area (Å²) in [6.45, 7) is 3.99. The van der Waals surface area contributed by atoms with Gasteiger partial charge in [-0.1, -0.05) is 11.6 Å². The summed E-state index contributed by atoms with van der Waals surface area (Å²) in [6, 6.07) is 4.72. The van der Waals surface area contributed by atoms with Crippen molar-refractivity contribution in [2.75, 3.05) is 10.6 Å². The van der Waals surface area contributed by atoms with Crippen LogP contribution in [0.1, 0.15) is 30.2 Å². The first kappa shape index (κ1) is 18.8. The zero-order valence-electron chi connectivity index (χ0n) is 14.0. The molecule has 2 heterocycles. The van der Waals surface area contributed by atoms with Crippen LogP contribution in [-0.4, -0.2) is 25.1 Å². The lowest BCUT2D eigenvalue weighted by Crippen LogP contribution is -2.12. The number of benzene rings is 1. The third kappa shape index (κ3) is 4.58. The lowest BCUT2D eigenvalue weighted by atomic mass is 10.2. The van der Waals surface area contributed by atoms with E-state index in [2.05, 4.69) is 58.4 Å². The number of aromatic nitrogens is 5. The molecule has 1 aromatic carbocycles. The van der Waals surface area contributed by atoms with E-state index in [1.807, 2.05) is 13.8 Å². The summed E-state index contributed by atoms with van der Waals surface area (Å²) in [5.74, 6) is 1.84. The van der Waals surface area contributed by atoms with E-state index in [9.17, 15) is 4.39 Å². The molecule has 3 N–H and O–H groups in total. The number of anilines is 2. The zero-order valence-corrected chi connectivity index (χ0v) is 16.9. The molecule has 3 rings (SSSR count). The highest BCUT2D eigenvalue weighted by molar-refractivity contribution is 14.1. The summed E-state index contributed by atoms with van der Waals surface area (Å²) >= 11 is 8.31. The number of aromatic amines is 1. The number of rotatable bonds is 6. The second kappa shape index (κ2) is 8.12. The third-order valence-electron chi connectivity index (χ3n) is 3.54. The van der Waals surface area contributed by atoms with Crippen LogP contribution in [0.2, 0.25) is 5.02 Å². The molecule has 0 radical (unpaired) electrons. The minimum Gasteiger partial charge on any atom is -0.359 e. The van der Waals surface area contributed by atoms with Gasteiger partial charge in [-0.2, -0.15) is 10.1 Å². The first-order chi connectivity index (χ1) is 12.4. The van der Waals surface area contributed by atoms with Crippen molar-refractivity contribution in [3.05, 3.63) is 56.0 Å². The van der Waals surface area contributed by atoms with Crippen LogP contribution in [0.15, 0.2) is 24.4 Å². The normalized spacial score (nSPS) is 12.0. The lowest BCUT2D eigenvalue weighted by molar-refractivity contribution is 0.612. The second-order valence-corrected chi connectivity index (χ2v) is 7.28. The first-order valence-electron chi connectivity index (χ1n) is 7.78. The molecule has 0 aliphatic carbocycles. The average Bonchev–Trinajstić information content (AvgIpc) is 3.05. The molecule has 0 unspecified atom stereocenters. The van der Waals surface area contributed by atoms with Crippen molar-refractivity contribution in [1.29, 1.82) is 0 Å². The summed E-state index contributed by atoms with van der Waals surface area (Å²) in [4.78, 5) is 12.8. The minimum atomic E-state index is -0.279. The predicted molar refractivity (Wildman–Crippen MR) is 107 cm³/mol. The number of hydrogen-bond donors (Lipinski definition) is 3. The van der Waals surface area contributed by atoms with Crippen molar-refractivity contribution in [2.45, 2.75) is 26.4 Å². The van der Waals surface area contributed by atoms with Gasteiger partial charge in [0.15, 0.2) is 11.6 Å². The van der Waals surface area contributed by atoms with Crippen molar-refractivity contribution in [1.82, 2.24) is 25.1 Å². The van der Waals surface area contributed by atoms with Crippen LogP contribution in [0.3, 0.4) is 0 Å². The van der Waals surface area contributed by atoms with Crippen LogP contribution in [0.25, 0.3) is 0 Å². The van der Waals surface area contributed by atoms with E-state index in [0.29, 0.717) is 28.2 Å². The molecule has 10 heteroatoms. The fourth-order valence-electron chi connectivity index (χ4n) is 2.23. The van der Waals surface area contributed by atoms with Crippen LogP contribution in [0.4, 0.5) is 16.2 Å². The molecule has 3 aromatic rings. The van der Waals surface area contributed by atoms with Crippen molar-refractivity contribution >= 4 is 46.0 Å². The van der Waals surface area contributed by atoms with Crippen molar-refractivity contribution < 1.29 is 4.39 Å². The Morgan fingerprint density at radius 2 is 2.15 bits per heavy atom. The van der Waals surface area contributed by atoms with Gasteiger partial charge in [0.2, 0.25) is 5.95 Å². The highest BCUT2D eigenvalue weighted by Crippen LogP contribution is 2.24. The molecule has 2 aromatic heterocycles. The van der Waals surface area contributed by atoms with E-state index in [1.165, 1.54) is 12.3 Å². The summed E-state index contributed by atoms with van der Waals surface area (Å²) in [6.07, 6.45) is 1.49. The summed E-state index contributed by atoms with van der Waals surface area (Å²) in [5, 5.41) is 13.4.